The Balaban J connectivity index is 1.74. The number of ether oxygens (including phenoxy) is 1. The van der Waals surface area contributed by atoms with Crippen LogP contribution < -0.4 is 0 Å². The molecule has 0 spiro atoms. The summed E-state index contributed by atoms with van der Waals surface area (Å²) in [5.41, 5.74) is 0.726. The molecule has 30 heavy (non-hydrogen) atoms. The van der Waals surface area contributed by atoms with Gasteiger partial charge in [-0.1, -0.05) is 50.1 Å². The number of hydrogen-bond acceptors (Lipinski definition) is 4. The highest BCUT2D eigenvalue weighted by Gasteiger charge is 2.59. The van der Waals surface area contributed by atoms with Crippen molar-refractivity contribution in [2.24, 2.45) is 28.1 Å². The van der Waals surface area contributed by atoms with Gasteiger partial charge >= 0.3 is 5.97 Å². The van der Waals surface area contributed by atoms with Gasteiger partial charge in [-0.05, 0) is 68.4 Å². The normalized spacial score (nSPS) is 40.5. The number of rotatable bonds is 4. The lowest BCUT2D eigenvalue weighted by atomic mass is 9.46. The summed E-state index contributed by atoms with van der Waals surface area (Å²) in [4.78, 5) is 26.3. The van der Waals surface area contributed by atoms with E-state index in [4.69, 9.17) is 4.74 Å². The van der Waals surface area contributed by atoms with E-state index in [0.717, 1.165) is 38.5 Å². The molecule has 3 nitrogen and oxygen atoms in total. The van der Waals surface area contributed by atoms with Crippen molar-refractivity contribution in [2.45, 2.75) is 69.4 Å². The predicted molar refractivity (Wildman–Crippen MR) is 121 cm³/mol. The molecule has 2 fully saturated rings. The Morgan fingerprint density at radius 1 is 1.13 bits per heavy atom. The molecule has 4 heteroatoms. The lowest BCUT2D eigenvalue weighted by Crippen LogP contribution is -2.54. The molecule has 162 valence electrons. The van der Waals surface area contributed by atoms with E-state index in [1.165, 1.54) is 23.9 Å². The van der Waals surface area contributed by atoms with E-state index in [2.05, 4.69) is 51.1 Å². The van der Waals surface area contributed by atoms with Crippen molar-refractivity contribution in [3.63, 3.8) is 0 Å². The van der Waals surface area contributed by atoms with Gasteiger partial charge in [-0.15, -0.1) is 11.8 Å². The summed E-state index contributed by atoms with van der Waals surface area (Å²) < 4.78 is 5.26. The van der Waals surface area contributed by atoms with E-state index in [0.29, 0.717) is 11.8 Å². The molecule has 4 rings (SSSR count). The number of methoxy groups -OCH3 is 1. The van der Waals surface area contributed by atoms with Gasteiger partial charge in [-0.25, -0.2) is 0 Å². The molecule has 2 saturated carbocycles. The van der Waals surface area contributed by atoms with Crippen LogP contribution in [-0.2, 0) is 14.3 Å². The third kappa shape index (κ3) is 3.36. The molecule has 0 heterocycles. The van der Waals surface area contributed by atoms with Gasteiger partial charge in [0.05, 0.1) is 12.5 Å². The van der Waals surface area contributed by atoms with Crippen LogP contribution in [0.25, 0.3) is 0 Å². The largest absolute Gasteiger partial charge is 0.469 e. The number of carbonyl (C=O) groups is 2. The van der Waals surface area contributed by atoms with Crippen molar-refractivity contribution in [1.82, 2.24) is 0 Å². The molecule has 0 radical (unpaired) electrons. The number of thioether (sulfide) groups is 1. The molecule has 2 unspecified atom stereocenters. The highest BCUT2D eigenvalue weighted by Crippen LogP contribution is 2.64. The van der Waals surface area contributed by atoms with Gasteiger partial charge in [0.2, 0.25) is 0 Å². The minimum absolute atomic E-state index is 0.00379. The highest BCUT2D eigenvalue weighted by atomic mass is 32.2. The predicted octanol–water partition coefficient (Wildman–Crippen LogP) is 6.08. The van der Waals surface area contributed by atoms with E-state index in [1.807, 2.05) is 6.07 Å². The molecular formula is C26H34O3S. The Bertz CT molecular complexity index is 849. The number of benzene rings is 1. The van der Waals surface area contributed by atoms with Crippen LogP contribution in [-0.4, -0.2) is 24.6 Å². The summed E-state index contributed by atoms with van der Waals surface area (Å²) in [6.07, 6.45) is 9.69. The zero-order valence-corrected chi connectivity index (χ0v) is 19.5. The number of hydrogen-bond donors (Lipinski definition) is 0. The monoisotopic (exact) mass is 426 g/mol. The molecule has 1 aromatic rings. The number of allylic oxidation sites excluding steroid dienone is 1. The standard InChI is InChI=1S/C26H34O3S/c1-24(17-27)16-18-11-12-21-25(2,13-8-14-26(21,3)23(28)29-4)20(18)15-22(24)30-19-9-6-5-7-10-19/h5-7,9-10,15,17-18,21-22H,8,11-14,16H2,1-4H3/t18?,21-,22?,24-,25-,26+/m0/s1. The second-order valence-electron chi connectivity index (χ2n) is 10.3. The topological polar surface area (TPSA) is 43.4 Å². The maximum absolute atomic E-state index is 12.8. The third-order valence-electron chi connectivity index (χ3n) is 8.43. The quantitative estimate of drug-likeness (QED) is 0.332. The first kappa shape index (κ1) is 21.7. The van der Waals surface area contributed by atoms with Gasteiger partial charge in [0, 0.05) is 15.6 Å². The molecule has 0 aromatic heterocycles. The number of fused-ring (bicyclic) bond motifs is 3. The van der Waals surface area contributed by atoms with Crippen molar-refractivity contribution < 1.29 is 14.3 Å². The van der Waals surface area contributed by atoms with E-state index in [9.17, 15) is 9.59 Å². The van der Waals surface area contributed by atoms with Crippen molar-refractivity contribution >= 4 is 24.0 Å². The summed E-state index contributed by atoms with van der Waals surface area (Å²) >= 11 is 1.80. The molecule has 0 saturated heterocycles. The first-order valence-electron chi connectivity index (χ1n) is 11.3. The van der Waals surface area contributed by atoms with Crippen molar-refractivity contribution in [3.05, 3.63) is 42.0 Å². The van der Waals surface area contributed by atoms with E-state index in [-0.39, 0.29) is 22.0 Å². The van der Waals surface area contributed by atoms with Gasteiger partial charge in [0.25, 0.3) is 0 Å². The van der Waals surface area contributed by atoms with Crippen LogP contribution in [0.15, 0.2) is 46.9 Å². The third-order valence-corrected chi connectivity index (χ3v) is 9.90. The van der Waals surface area contributed by atoms with Crippen molar-refractivity contribution in [2.75, 3.05) is 7.11 Å². The Morgan fingerprint density at radius 3 is 2.53 bits per heavy atom. The van der Waals surface area contributed by atoms with Crippen LogP contribution in [0.3, 0.4) is 0 Å². The second kappa shape index (κ2) is 7.85. The minimum Gasteiger partial charge on any atom is -0.469 e. The first-order valence-corrected chi connectivity index (χ1v) is 12.1. The Kier molecular flexibility index (Phi) is 5.67. The van der Waals surface area contributed by atoms with Crippen LogP contribution in [0.4, 0.5) is 0 Å². The number of aldehydes is 1. The highest BCUT2D eigenvalue weighted by molar-refractivity contribution is 8.00. The summed E-state index contributed by atoms with van der Waals surface area (Å²) in [5, 5.41) is 0.116. The average Bonchev–Trinajstić information content (AvgIpc) is 2.74. The fourth-order valence-electron chi connectivity index (χ4n) is 6.79. The van der Waals surface area contributed by atoms with Gasteiger partial charge in [-0.3, -0.25) is 4.79 Å². The lowest BCUT2D eigenvalue weighted by molar-refractivity contribution is -0.164. The van der Waals surface area contributed by atoms with Gasteiger partial charge in [-0.2, -0.15) is 0 Å². The van der Waals surface area contributed by atoms with E-state index < -0.39 is 5.41 Å². The summed E-state index contributed by atoms with van der Waals surface area (Å²) in [5.74, 6) is 0.687. The smallest absolute Gasteiger partial charge is 0.311 e. The van der Waals surface area contributed by atoms with Crippen LogP contribution in [0.1, 0.15) is 59.3 Å². The van der Waals surface area contributed by atoms with Crippen LogP contribution in [0, 0.1) is 28.1 Å². The van der Waals surface area contributed by atoms with E-state index >= 15 is 0 Å². The van der Waals surface area contributed by atoms with Crippen LogP contribution in [0.5, 0.6) is 0 Å². The van der Waals surface area contributed by atoms with Crippen LogP contribution >= 0.6 is 11.8 Å². The second-order valence-corrected chi connectivity index (χ2v) is 11.5. The molecule has 3 aliphatic carbocycles. The van der Waals surface area contributed by atoms with Crippen molar-refractivity contribution in [3.8, 4) is 0 Å². The maximum Gasteiger partial charge on any atom is 0.311 e. The van der Waals surface area contributed by atoms with Crippen LogP contribution in [0.2, 0.25) is 0 Å². The fourth-order valence-corrected chi connectivity index (χ4v) is 8.04. The average molecular weight is 427 g/mol. The summed E-state index contributed by atoms with van der Waals surface area (Å²) in [7, 11) is 1.52. The molecule has 0 amide bonds. The lowest BCUT2D eigenvalue weighted by Gasteiger charge is -2.58. The van der Waals surface area contributed by atoms with Gasteiger partial charge in [0.15, 0.2) is 0 Å². The molecular weight excluding hydrogens is 392 g/mol. The molecule has 1 aromatic carbocycles. The Morgan fingerprint density at radius 2 is 1.87 bits per heavy atom. The Labute approximate surface area is 185 Å². The molecule has 3 aliphatic rings. The van der Waals surface area contributed by atoms with Crippen molar-refractivity contribution in [1.29, 1.82) is 0 Å². The molecule has 0 bridgehead atoms. The summed E-state index contributed by atoms with van der Waals surface area (Å²) in [6, 6.07) is 10.4. The van der Waals surface area contributed by atoms with E-state index in [1.54, 1.807) is 11.8 Å². The fraction of sp³-hybridized carbons (Fsp3) is 0.615. The first-order chi connectivity index (χ1) is 14.3. The molecule has 6 atom stereocenters. The zero-order valence-electron chi connectivity index (χ0n) is 18.6. The SMILES string of the molecule is COC(=O)[C@]1(C)CCC[C@@]2(C)C3=CC(Sc4ccccc4)[C@](C)(C=O)CC3CC[C@H]12. The summed E-state index contributed by atoms with van der Waals surface area (Å²) in [6.45, 7) is 6.63. The minimum atomic E-state index is -0.416. The number of carbonyl (C=O) groups excluding carboxylic acids is 2. The maximum atomic E-state index is 12.8. The van der Waals surface area contributed by atoms with Gasteiger partial charge in [0.1, 0.15) is 6.29 Å². The Hall–Kier alpha value is -1.55. The molecule has 0 aliphatic heterocycles. The zero-order chi connectivity index (χ0) is 21.6. The van der Waals surface area contributed by atoms with Gasteiger partial charge < -0.3 is 9.53 Å². The number of esters is 1. The molecule has 0 N–H and O–H groups in total.